The summed E-state index contributed by atoms with van der Waals surface area (Å²) in [5, 5.41) is 59.5. The van der Waals surface area contributed by atoms with Crippen LogP contribution in [0.2, 0.25) is 0 Å². The van der Waals surface area contributed by atoms with Crippen LogP contribution >= 0.6 is 11.8 Å². The van der Waals surface area contributed by atoms with Crippen molar-refractivity contribution in [1.82, 2.24) is 94.4 Å². The number of anilines is 1. The average Bonchev–Trinajstić information content (AvgIpc) is 1.70. The molecule has 22 N–H and O–H groups in total. The fourth-order valence-electron chi connectivity index (χ4n) is 13.1. The number of nitrogens with two attached hydrogens (primary N) is 1. The smallest absolute Gasteiger partial charge is 0.308 e. The first-order valence-corrected chi connectivity index (χ1v) is 40.9. The number of hydrogen-bond acceptors (Lipinski definition) is 22. The molecule has 664 valence electrons. The lowest BCUT2D eigenvalue weighted by Gasteiger charge is -2.29. The van der Waals surface area contributed by atoms with Crippen molar-refractivity contribution in [1.29, 1.82) is 0 Å². The zero-order valence-electron chi connectivity index (χ0n) is 69.5. The van der Waals surface area contributed by atoms with E-state index in [1.165, 1.54) is 50.6 Å². The minimum absolute atomic E-state index is 0.0840. The maximum atomic E-state index is 15.1. The first-order chi connectivity index (χ1) is 58.2. The van der Waals surface area contributed by atoms with Gasteiger partial charge in [0.25, 0.3) is 0 Å². The molecule has 0 bridgehead atoms. The number of carboxylic acids is 1. The number of hydrogen-bond donors (Lipinski definition) is 21. The standard InChI is InChI=1S/C81H108N20O21S/c1-39(2)25-56-72(112)87-35-65(106)92-55(23-24-64(105)91-48-19-21-50(22-20-48)122-45(10)104)73(113)95-57(26-40(3)4)78(118)100-68(41(5)6)81(121)97-59(28-47-32-85-54-18-14-12-16-52(47)54)75(115)99-63(80(120)101-69(43(8)102)70(82)110)36-123-37-66(107)86-34-62(98-77(117)61(30-67(108)109)90-44(9)103)79(119)89-42(7)71(111)93-58(27-46-31-84-53-17-13-11-15-51(46)53)74(114)96-60(76(116)94-56)29-49-33-83-38-88-49/h11-22,31-33,38-43,55-63,68-69,84-85,102H,23-30,34-37H2,1-10H3,(H2,82,110)(H,83,88)(H,86,107)(H,87,112)(H,89,119)(H,90,103)(H,91,105)(H,92,106)(H,93,111)(H,94,116)(H,95,113)(H,96,114)(H,97,121)(H,98,117)(H,99,115)(H,100,118)(H,101,120)(H,108,109)/t42-,43+,55-,56-,57-,58-,59-,60-,61-,62-,63-,68-,69-/m0/s1. The van der Waals surface area contributed by atoms with Crippen LogP contribution in [0.5, 0.6) is 5.75 Å². The van der Waals surface area contributed by atoms with E-state index in [9.17, 15) is 82.1 Å². The SMILES string of the molecule is CC(=O)N[C@@H](CC(=O)O)C(=O)N[C@H]1CNC(=O)CSC[C@@H](C(=O)N[C@H](C(N)=O)[C@@H](C)O)NC(=O)[C@H](Cc2c[nH]c3ccccc23)NC(=O)[C@H](C(C)C)NC(=O)[C@H](CC(C)C)NC(=O)[C@H](CCC(=O)Nc2ccc(OC(C)=O)cc2)NC(=O)CNC(=O)[C@H](CC(C)C)NC(=O)[C@H](Cc2c[nH]cn2)NC(=O)[C@H](Cc2c[nH]c3ccccc23)NC(=O)[C@H](C)NC1=O. The van der Waals surface area contributed by atoms with Gasteiger partial charge in [-0.3, -0.25) is 86.3 Å². The van der Waals surface area contributed by atoms with E-state index in [-0.39, 0.29) is 61.1 Å². The largest absolute Gasteiger partial charge is 0.481 e. The van der Waals surface area contributed by atoms with Crippen LogP contribution < -0.4 is 90.2 Å². The van der Waals surface area contributed by atoms with Crippen molar-refractivity contribution in [3.05, 3.63) is 115 Å². The third kappa shape index (κ3) is 30.7. The van der Waals surface area contributed by atoms with E-state index in [4.69, 9.17) is 10.5 Å². The van der Waals surface area contributed by atoms with E-state index in [1.807, 2.05) is 0 Å². The number of aromatic nitrogens is 4. The molecule has 1 fully saturated rings. The van der Waals surface area contributed by atoms with Crippen LogP contribution in [-0.2, 0) is 106 Å². The molecule has 0 aliphatic carbocycles. The Hall–Kier alpha value is -13.3. The van der Waals surface area contributed by atoms with Gasteiger partial charge in [0.2, 0.25) is 94.5 Å². The number of nitrogens with one attached hydrogen (secondary N) is 18. The van der Waals surface area contributed by atoms with Gasteiger partial charge in [0.05, 0.1) is 36.8 Å². The van der Waals surface area contributed by atoms with E-state index >= 15 is 14.4 Å². The summed E-state index contributed by atoms with van der Waals surface area (Å²) in [6, 6.07) is -0.491. The Morgan fingerprint density at radius 2 is 1.12 bits per heavy atom. The van der Waals surface area contributed by atoms with E-state index in [0.717, 1.165) is 13.8 Å². The maximum Gasteiger partial charge on any atom is 0.308 e. The molecule has 41 nitrogen and oxygen atoms in total. The molecule has 3 aromatic heterocycles. The van der Waals surface area contributed by atoms with Crippen LogP contribution in [0.3, 0.4) is 0 Å². The summed E-state index contributed by atoms with van der Waals surface area (Å²) in [5.74, 6) is -21.0. The van der Waals surface area contributed by atoms with Crippen molar-refractivity contribution >= 4 is 146 Å². The third-order valence-corrected chi connectivity index (χ3v) is 20.4. The van der Waals surface area contributed by atoms with Crippen molar-refractivity contribution in [3.63, 3.8) is 0 Å². The number of aliphatic carboxylic acids is 1. The summed E-state index contributed by atoms with van der Waals surface area (Å²) in [5.41, 5.74) is 8.19. The van der Waals surface area contributed by atoms with Crippen LogP contribution in [0.15, 0.2) is 97.7 Å². The van der Waals surface area contributed by atoms with Crippen molar-refractivity contribution in [3.8, 4) is 5.75 Å². The molecule has 0 radical (unpaired) electrons. The lowest BCUT2D eigenvalue weighted by Crippen LogP contribution is -2.61. The van der Waals surface area contributed by atoms with Crippen molar-refractivity contribution in [2.75, 3.05) is 29.9 Å². The number of esters is 1. The molecule has 42 heteroatoms. The number of rotatable bonds is 25. The van der Waals surface area contributed by atoms with Gasteiger partial charge in [-0.15, -0.1) is 11.8 Å². The Bertz CT molecular complexity index is 4780. The Morgan fingerprint density at radius 1 is 0.585 bits per heavy atom. The van der Waals surface area contributed by atoms with Gasteiger partial charge in [-0.1, -0.05) is 77.9 Å². The number of H-pyrrole nitrogens is 3. The highest BCUT2D eigenvalue weighted by molar-refractivity contribution is 8.00. The molecule has 1 saturated heterocycles. The van der Waals surface area contributed by atoms with Crippen LogP contribution in [0, 0.1) is 17.8 Å². The number of primary amides is 1. The molecule has 0 spiro atoms. The third-order valence-electron chi connectivity index (χ3n) is 19.3. The number of fused-ring (bicyclic) bond motifs is 2. The summed E-state index contributed by atoms with van der Waals surface area (Å²) in [6.07, 6.45) is 1.12. The fourth-order valence-corrected chi connectivity index (χ4v) is 14.0. The second-order valence-electron chi connectivity index (χ2n) is 30.9. The summed E-state index contributed by atoms with van der Waals surface area (Å²) in [6.45, 7) is 12.8. The van der Waals surface area contributed by atoms with Crippen LogP contribution in [-0.4, -0.2) is 240 Å². The highest BCUT2D eigenvalue weighted by atomic mass is 32.2. The van der Waals surface area contributed by atoms with Crippen molar-refractivity contribution in [2.24, 2.45) is 23.5 Å². The van der Waals surface area contributed by atoms with Gasteiger partial charge < -0.3 is 115 Å². The molecule has 1 aliphatic rings. The molecule has 13 atom stereocenters. The number of benzene rings is 3. The number of aromatic amines is 3. The van der Waals surface area contributed by atoms with E-state index in [0.29, 0.717) is 44.7 Å². The summed E-state index contributed by atoms with van der Waals surface area (Å²) < 4.78 is 5.10. The number of para-hydroxylation sites is 2. The number of carboxylic acid groups (broad SMARTS) is 1. The van der Waals surface area contributed by atoms with Gasteiger partial charge in [0.15, 0.2) is 0 Å². The minimum atomic E-state index is -1.92. The minimum Gasteiger partial charge on any atom is -0.481 e. The van der Waals surface area contributed by atoms with E-state index < -0.39 is 235 Å². The van der Waals surface area contributed by atoms with Crippen molar-refractivity contribution in [2.45, 2.75) is 199 Å². The molecule has 3 aromatic carbocycles. The fraction of sp³-hybridized carbons (Fsp3) is 0.469. The first-order valence-electron chi connectivity index (χ1n) is 39.8. The molecule has 0 unspecified atom stereocenters. The van der Waals surface area contributed by atoms with E-state index in [1.54, 1.807) is 102 Å². The zero-order valence-corrected chi connectivity index (χ0v) is 70.4. The van der Waals surface area contributed by atoms with Crippen molar-refractivity contribution < 1.29 is 101 Å². The highest BCUT2D eigenvalue weighted by Gasteiger charge is 2.39. The summed E-state index contributed by atoms with van der Waals surface area (Å²) in [4.78, 5) is 266. The quantitative estimate of drug-likeness (QED) is 0.0211. The first kappa shape index (κ1) is 96.8. The summed E-state index contributed by atoms with van der Waals surface area (Å²) >= 11 is 0.666. The maximum absolute atomic E-state index is 15.1. The average molecular weight is 1730 g/mol. The van der Waals surface area contributed by atoms with Crippen LogP contribution in [0.25, 0.3) is 21.8 Å². The second kappa shape index (κ2) is 46.5. The second-order valence-corrected chi connectivity index (χ2v) is 31.9. The van der Waals surface area contributed by atoms with Gasteiger partial charge in [-0.05, 0) is 98.4 Å². The number of thioether (sulfide) groups is 1. The Kier molecular flexibility index (Phi) is 36.6. The molecule has 1 aliphatic heterocycles. The topological polar surface area (TPSA) is 624 Å². The van der Waals surface area contributed by atoms with Gasteiger partial charge in [0.1, 0.15) is 78.3 Å². The highest BCUT2D eigenvalue weighted by Crippen LogP contribution is 2.23. The van der Waals surface area contributed by atoms with Gasteiger partial charge >= 0.3 is 11.9 Å². The molecule has 6 aromatic rings. The summed E-state index contributed by atoms with van der Waals surface area (Å²) in [7, 11) is 0. The Morgan fingerprint density at radius 3 is 1.66 bits per heavy atom. The molecule has 7 rings (SSSR count). The van der Waals surface area contributed by atoms with Gasteiger partial charge in [-0.25, -0.2) is 4.98 Å². The normalized spacial score (nSPS) is 21.7. The number of nitrogens with zero attached hydrogens (tertiary/aromatic N) is 1. The molecular weight excluding hydrogens is 1620 g/mol. The van der Waals surface area contributed by atoms with Crippen LogP contribution in [0.4, 0.5) is 5.69 Å². The molecular formula is C81H108N20O21S. The number of amides is 16. The molecule has 16 amide bonds. The number of aliphatic hydroxyl groups is 1. The predicted octanol–water partition coefficient (Wildman–Crippen LogP) is -2.33. The zero-order chi connectivity index (χ0) is 90.5. The number of carbonyl (C=O) groups excluding carboxylic acids is 17. The lowest BCUT2D eigenvalue weighted by molar-refractivity contribution is -0.141. The number of carbonyl (C=O) groups is 18. The van der Waals surface area contributed by atoms with E-state index in [2.05, 4.69) is 99.7 Å². The molecule has 0 saturated carbocycles. The number of aliphatic hydroxyl groups excluding tert-OH is 1. The number of imidazole rings is 1. The predicted molar refractivity (Wildman–Crippen MR) is 447 cm³/mol. The lowest BCUT2D eigenvalue weighted by atomic mass is 9.98. The Balaban J connectivity index is 1.30. The monoisotopic (exact) mass is 1730 g/mol. The molecule has 4 heterocycles. The number of ether oxygens (including phenoxy) is 1. The molecule has 123 heavy (non-hydrogen) atoms. The van der Waals surface area contributed by atoms with Gasteiger partial charge in [-0.2, -0.15) is 0 Å². The van der Waals surface area contributed by atoms with Gasteiger partial charge in [0, 0.05) is 97.9 Å². The Labute approximate surface area is 711 Å². The van der Waals surface area contributed by atoms with Crippen LogP contribution in [0.1, 0.15) is 118 Å².